The summed E-state index contributed by atoms with van der Waals surface area (Å²) in [4.78, 5) is 4.85. The summed E-state index contributed by atoms with van der Waals surface area (Å²) in [6, 6.07) is 10.5. The van der Waals surface area contributed by atoms with E-state index >= 15 is 0 Å². The molecule has 1 atom stereocenters. The minimum absolute atomic E-state index is 0.171. The molecule has 1 aliphatic heterocycles. The van der Waals surface area contributed by atoms with Crippen molar-refractivity contribution in [3.63, 3.8) is 0 Å². The maximum atomic E-state index is 13.4. The van der Waals surface area contributed by atoms with Crippen LogP contribution in [-0.4, -0.2) is 32.2 Å². The quantitative estimate of drug-likeness (QED) is 0.513. The Kier molecular flexibility index (Phi) is 7.42. The number of nitrogens with zero attached hydrogens (tertiary/aromatic N) is 1. The molecule has 1 fully saturated rings. The van der Waals surface area contributed by atoms with Crippen molar-refractivity contribution in [2.75, 3.05) is 20.3 Å². The van der Waals surface area contributed by atoms with Gasteiger partial charge in [0.15, 0.2) is 0 Å². The van der Waals surface area contributed by atoms with Gasteiger partial charge in [-0.15, -0.1) is 0 Å². The van der Waals surface area contributed by atoms with E-state index in [4.69, 9.17) is 14.5 Å². The summed E-state index contributed by atoms with van der Waals surface area (Å²) in [6.45, 7) is 5.54. The van der Waals surface area contributed by atoms with Gasteiger partial charge in [0.1, 0.15) is 17.4 Å². The lowest BCUT2D eigenvalue weighted by Gasteiger charge is -2.17. The molecule has 3 rings (SSSR count). The van der Waals surface area contributed by atoms with Gasteiger partial charge >= 0.3 is 0 Å². The third-order valence-electron chi connectivity index (χ3n) is 5.06. The molecule has 1 aliphatic rings. The highest BCUT2D eigenvalue weighted by atomic mass is 19.1. The molecule has 0 aliphatic carbocycles. The monoisotopic (exact) mass is 396 g/mol. The number of amidine groups is 1. The Morgan fingerprint density at radius 2 is 2.07 bits per heavy atom. The SMILES string of the molecule is CC/C=C/NC(=NCC1CCCO1)c1cc(-c2ccc(F)cc2)cc(OC)c1C. The van der Waals surface area contributed by atoms with Crippen LogP contribution in [0.1, 0.15) is 37.3 Å². The first-order chi connectivity index (χ1) is 14.1. The molecule has 0 spiro atoms. The van der Waals surface area contributed by atoms with Crippen LogP contribution in [0.3, 0.4) is 0 Å². The normalized spacial score (nSPS) is 17.1. The van der Waals surface area contributed by atoms with E-state index in [1.807, 2.05) is 19.2 Å². The van der Waals surface area contributed by atoms with Crippen molar-refractivity contribution in [3.8, 4) is 16.9 Å². The van der Waals surface area contributed by atoms with E-state index in [0.29, 0.717) is 6.54 Å². The maximum absolute atomic E-state index is 13.4. The molecule has 2 aromatic rings. The maximum Gasteiger partial charge on any atom is 0.132 e. The number of benzene rings is 2. The van der Waals surface area contributed by atoms with Crippen LogP contribution in [-0.2, 0) is 4.74 Å². The van der Waals surface area contributed by atoms with E-state index in [1.54, 1.807) is 19.2 Å². The van der Waals surface area contributed by atoms with Gasteiger partial charge in [-0.1, -0.05) is 25.1 Å². The first-order valence-electron chi connectivity index (χ1n) is 10.1. The zero-order chi connectivity index (χ0) is 20.6. The average molecular weight is 397 g/mol. The lowest BCUT2D eigenvalue weighted by atomic mass is 9.98. The molecule has 4 nitrogen and oxygen atoms in total. The van der Waals surface area contributed by atoms with Crippen LogP contribution < -0.4 is 10.1 Å². The second kappa shape index (κ2) is 10.2. The zero-order valence-electron chi connectivity index (χ0n) is 17.4. The molecular formula is C24H29FN2O2. The predicted molar refractivity (Wildman–Crippen MR) is 116 cm³/mol. The molecular weight excluding hydrogens is 367 g/mol. The van der Waals surface area contributed by atoms with Crippen LogP contribution in [0.2, 0.25) is 0 Å². The van der Waals surface area contributed by atoms with Crippen molar-refractivity contribution in [2.45, 2.75) is 39.2 Å². The average Bonchev–Trinajstić information content (AvgIpc) is 3.25. The Morgan fingerprint density at radius 3 is 2.72 bits per heavy atom. The molecule has 2 aromatic carbocycles. The van der Waals surface area contributed by atoms with Gasteiger partial charge in [0.05, 0.1) is 19.8 Å². The fourth-order valence-corrected chi connectivity index (χ4v) is 3.40. The summed E-state index contributed by atoms with van der Waals surface area (Å²) < 4.78 is 24.7. The molecule has 0 radical (unpaired) electrons. The van der Waals surface area contributed by atoms with E-state index in [1.165, 1.54) is 12.1 Å². The summed E-state index contributed by atoms with van der Waals surface area (Å²) in [6.07, 6.45) is 7.21. The van der Waals surface area contributed by atoms with E-state index in [2.05, 4.69) is 24.4 Å². The number of rotatable bonds is 7. The van der Waals surface area contributed by atoms with Crippen molar-refractivity contribution in [2.24, 2.45) is 4.99 Å². The summed E-state index contributed by atoms with van der Waals surface area (Å²) in [5.41, 5.74) is 3.84. The molecule has 0 saturated carbocycles. The molecule has 1 heterocycles. The predicted octanol–water partition coefficient (Wildman–Crippen LogP) is 5.25. The minimum atomic E-state index is -0.252. The molecule has 1 saturated heterocycles. The lowest BCUT2D eigenvalue weighted by molar-refractivity contribution is 0.118. The van der Waals surface area contributed by atoms with E-state index in [9.17, 15) is 4.39 Å². The standard InChI is InChI=1S/C24H29FN2O2/c1-4-5-12-26-24(27-16-21-7-6-13-29-21)22-14-19(15-23(28-3)17(22)2)18-8-10-20(25)11-9-18/h5,8-12,14-15,21H,4,6-7,13,16H2,1-3H3,(H,26,27)/b12-5+. The molecule has 0 amide bonds. The highest BCUT2D eigenvalue weighted by molar-refractivity contribution is 6.02. The number of ether oxygens (including phenoxy) is 2. The molecule has 1 N–H and O–H groups in total. The Morgan fingerprint density at radius 1 is 1.28 bits per heavy atom. The van der Waals surface area contributed by atoms with Gasteiger partial charge in [-0.3, -0.25) is 4.99 Å². The summed E-state index contributed by atoms with van der Waals surface area (Å²) in [5, 5.41) is 3.34. The highest BCUT2D eigenvalue weighted by Crippen LogP contribution is 2.30. The number of aliphatic imine (C=N–C) groups is 1. The largest absolute Gasteiger partial charge is 0.496 e. The molecule has 154 valence electrons. The van der Waals surface area contributed by atoms with Crippen LogP contribution in [0.4, 0.5) is 4.39 Å². The van der Waals surface area contributed by atoms with Gasteiger partial charge in [0.25, 0.3) is 0 Å². The number of nitrogens with one attached hydrogen (secondary N) is 1. The van der Waals surface area contributed by atoms with Crippen molar-refractivity contribution >= 4 is 5.84 Å². The van der Waals surface area contributed by atoms with Crippen molar-refractivity contribution in [3.05, 3.63) is 65.6 Å². The Hall–Kier alpha value is -2.66. The summed E-state index contributed by atoms with van der Waals surface area (Å²) >= 11 is 0. The molecule has 0 bridgehead atoms. The van der Waals surface area contributed by atoms with Gasteiger partial charge in [-0.2, -0.15) is 0 Å². The second-order valence-electron chi connectivity index (χ2n) is 7.14. The van der Waals surface area contributed by atoms with Crippen LogP contribution in [0.5, 0.6) is 5.75 Å². The number of methoxy groups -OCH3 is 1. The van der Waals surface area contributed by atoms with Crippen molar-refractivity contribution in [1.29, 1.82) is 0 Å². The number of allylic oxidation sites excluding steroid dienone is 1. The number of hydrogen-bond donors (Lipinski definition) is 1. The fraction of sp³-hybridized carbons (Fsp3) is 0.375. The van der Waals surface area contributed by atoms with Crippen LogP contribution >= 0.6 is 0 Å². The van der Waals surface area contributed by atoms with Crippen molar-refractivity contribution < 1.29 is 13.9 Å². The Bertz CT molecular complexity index is 869. The smallest absolute Gasteiger partial charge is 0.132 e. The Labute approximate surface area is 172 Å². The molecule has 1 unspecified atom stereocenters. The molecule has 29 heavy (non-hydrogen) atoms. The van der Waals surface area contributed by atoms with Gasteiger partial charge in [-0.25, -0.2) is 4.39 Å². The van der Waals surface area contributed by atoms with Gasteiger partial charge in [0.2, 0.25) is 0 Å². The zero-order valence-corrected chi connectivity index (χ0v) is 17.4. The lowest BCUT2D eigenvalue weighted by Crippen LogP contribution is -2.23. The third kappa shape index (κ3) is 5.45. The van der Waals surface area contributed by atoms with Gasteiger partial charge in [-0.05, 0) is 67.8 Å². The second-order valence-corrected chi connectivity index (χ2v) is 7.14. The summed E-state index contributed by atoms with van der Waals surface area (Å²) in [5.74, 6) is 1.30. The van der Waals surface area contributed by atoms with Crippen LogP contribution in [0, 0.1) is 12.7 Å². The van der Waals surface area contributed by atoms with E-state index in [-0.39, 0.29) is 11.9 Å². The third-order valence-corrected chi connectivity index (χ3v) is 5.06. The van der Waals surface area contributed by atoms with Gasteiger partial charge in [0, 0.05) is 17.7 Å². The number of hydrogen-bond acceptors (Lipinski definition) is 3. The number of halogens is 1. The fourth-order valence-electron chi connectivity index (χ4n) is 3.40. The topological polar surface area (TPSA) is 42.9 Å². The van der Waals surface area contributed by atoms with Gasteiger partial charge < -0.3 is 14.8 Å². The Balaban J connectivity index is 2.01. The molecule has 0 aromatic heterocycles. The first-order valence-corrected chi connectivity index (χ1v) is 10.1. The van der Waals surface area contributed by atoms with Crippen molar-refractivity contribution in [1.82, 2.24) is 5.32 Å². The summed E-state index contributed by atoms with van der Waals surface area (Å²) in [7, 11) is 1.66. The van der Waals surface area contributed by atoms with Crippen LogP contribution in [0.15, 0.2) is 53.7 Å². The first kappa shape index (κ1) is 21.1. The molecule has 5 heteroatoms. The highest BCUT2D eigenvalue weighted by Gasteiger charge is 2.17. The van der Waals surface area contributed by atoms with E-state index < -0.39 is 0 Å². The van der Waals surface area contributed by atoms with E-state index in [0.717, 1.165) is 59.7 Å². The minimum Gasteiger partial charge on any atom is -0.496 e. The van der Waals surface area contributed by atoms with Crippen LogP contribution in [0.25, 0.3) is 11.1 Å².